The molecule has 0 aliphatic heterocycles. The molecule has 0 saturated heterocycles. The Morgan fingerprint density at radius 3 is 2.80 bits per heavy atom. The molecule has 0 unspecified atom stereocenters. The molecule has 2 rings (SSSR count). The Hall–Kier alpha value is -2.08. The van der Waals surface area contributed by atoms with Crippen LogP contribution in [0.4, 0.5) is 0 Å². The number of H-pyrrole nitrogens is 1. The van der Waals surface area contributed by atoms with Crippen LogP contribution in [-0.4, -0.2) is 49.2 Å². The molecule has 1 heterocycles. The van der Waals surface area contributed by atoms with Crippen LogP contribution in [0.5, 0.6) is 11.5 Å². The van der Waals surface area contributed by atoms with Crippen molar-refractivity contribution in [1.29, 1.82) is 0 Å². The van der Waals surface area contributed by atoms with Crippen LogP contribution in [0.1, 0.15) is 6.42 Å². The minimum atomic E-state index is -0.184. The number of fused-ring (bicyclic) bond motifs is 1. The maximum atomic E-state index is 11.8. The van der Waals surface area contributed by atoms with Crippen LogP contribution < -0.4 is 15.0 Å². The highest BCUT2D eigenvalue weighted by molar-refractivity contribution is 5.81. The van der Waals surface area contributed by atoms with Gasteiger partial charge in [-0.1, -0.05) is 0 Å². The van der Waals surface area contributed by atoms with Crippen molar-refractivity contribution in [3.8, 4) is 11.5 Å². The number of rotatable bonds is 6. The Kier molecular flexibility index (Phi) is 4.57. The number of aromatic nitrogens is 2. The predicted octanol–water partition coefficient (Wildman–Crippen LogP) is 1.26. The van der Waals surface area contributed by atoms with Gasteiger partial charge in [0.1, 0.15) is 0 Å². The van der Waals surface area contributed by atoms with Crippen molar-refractivity contribution in [2.75, 3.05) is 34.4 Å². The number of ether oxygens (including phenoxy) is 2. The fourth-order valence-electron chi connectivity index (χ4n) is 1.91. The topological polar surface area (TPSA) is 67.4 Å². The molecule has 1 aromatic carbocycles. The van der Waals surface area contributed by atoms with Crippen LogP contribution in [0.25, 0.3) is 10.9 Å². The number of aromatic amines is 1. The summed E-state index contributed by atoms with van der Waals surface area (Å²) in [7, 11) is 5.60. The maximum Gasteiger partial charge on any atom is 0.258 e. The van der Waals surface area contributed by atoms with Gasteiger partial charge in [0.15, 0.2) is 11.5 Å². The first-order valence-electron chi connectivity index (χ1n) is 6.45. The third-order valence-electron chi connectivity index (χ3n) is 2.93. The highest BCUT2D eigenvalue weighted by atomic mass is 16.5. The highest BCUT2D eigenvalue weighted by Gasteiger charge is 2.09. The summed E-state index contributed by atoms with van der Waals surface area (Å²) in [5.74, 6) is 1.15. The van der Waals surface area contributed by atoms with E-state index in [1.54, 1.807) is 19.2 Å². The second kappa shape index (κ2) is 6.38. The second-order valence-electron chi connectivity index (χ2n) is 4.76. The molecule has 6 nitrogen and oxygen atoms in total. The Bertz CT molecular complexity index is 637. The van der Waals surface area contributed by atoms with Gasteiger partial charge in [0.05, 0.1) is 30.9 Å². The zero-order valence-electron chi connectivity index (χ0n) is 12.0. The number of hydrogen-bond donors (Lipinski definition) is 1. The molecule has 6 heteroatoms. The Morgan fingerprint density at radius 2 is 2.10 bits per heavy atom. The molecule has 0 fully saturated rings. The van der Waals surface area contributed by atoms with E-state index in [1.807, 2.05) is 14.1 Å². The standard InChI is InChI=1S/C14H19N3O3/c1-17(2)5-4-6-20-13-7-10-11(8-12(13)19-3)15-9-16-14(10)18/h7-9H,4-6H2,1-3H3,(H,15,16,18). The van der Waals surface area contributed by atoms with Crippen molar-refractivity contribution in [3.63, 3.8) is 0 Å². The molecule has 0 atom stereocenters. The van der Waals surface area contributed by atoms with Gasteiger partial charge < -0.3 is 19.4 Å². The van der Waals surface area contributed by atoms with E-state index in [0.717, 1.165) is 13.0 Å². The van der Waals surface area contributed by atoms with E-state index in [-0.39, 0.29) is 5.56 Å². The van der Waals surface area contributed by atoms with Gasteiger partial charge in [0, 0.05) is 12.6 Å². The minimum absolute atomic E-state index is 0.184. The highest BCUT2D eigenvalue weighted by Crippen LogP contribution is 2.30. The summed E-state index contributed by atoms with van der Waals surface area (Å²) in [6.45, 7) is 1.51. The summed E-state index contributed by atoms with van der Waals surface area (Å²) >= 11 is 0. The fourth-order valence-corrected chi connectivity index (χ4v) is 1.91. The van der Waals surface area contributed by atoms with Gasteiger partial charge in [-0.2, -0.15) is 0 Å². The van der Waals surface area contributed by atoms with Crippen LogP contribution in [0, 0.1) is 0 Å². The Morgan fingerprint density at radius 1 is 1.30 bits per heavy atom. The lowest BCUT2D eigenvalue weighted by Crippen LogP contribution is -2.15. The van der Waals surface area contributed by atoms with E-state index in [4.69, 9.17) is 9.47 Å². The van der Waals surface area contributed by atoms with Crippen LogP contribution in [0.3, 0.4) is 0 Å². The molecule has 1 aromatic heterocycles. The zero-order chi connectivity index (χ0) is 14.5. The van der Waals surface area contributed by atoms with Gasteiger partial charge in [-0.05, 0) is 26.6 Å². The number of nitrogens with zero attached hydrogens (tertiary/aromatic N) is 2. The zero-order valence-corrected chi connectivity index (χ0v) is 12.0. The third-order valence-corrected chi connectivity index (χ3v) is 2.93. The summed E-state index contributed by atoms with van der Waals surface area (Å²) in [5, 5.41) is 0.496. The van der Waals surface area contributed by atoms with Crippen LogP contribution in [0.2, 0.25) is 0 Å². The van der Waals surface area contributed by atoms with Gasteiger partial charge in [0.2, 0.25) is 0 Å². The Balaban J connectivity index is 2.22. The predicted molar refractivity (Wildman–Crippen MR) is 77.6 cm³/mol. The molecule has 0 bridgehead atoms. The van der Waals surface area contributed by atoms with E-state index in [1.165, 1.54) is 6.33 Å². The number of benzene rings is 1. The molecule has 0 spiro atoms. The van der Waals surface area contributed by atoms with Gasteiger partial charge in [0.25, 0.3) is 5.56 Å². The summed E-state index contributed by atoms with van der Waals surface area (Å²) in [6.07, 6.45) is 2.28. The molecule has 0 saturated carbocycles. The van der Waals surface area contributed by atoms with E-state index >= 15 is 0 Å². The van der Waals surface area contributed by atoms with Gasteiger partial charge >= 0.3 is 0 Å². The number of methoxy groups -OCH3 is 1. The van der Waals surface area contributed by atoms with Crippen molar-refractivity contribution in [3.05, 3.63) is 28.8 Å². The molecule has 0 aliphatic carbocycles. The Labute approximate surface area is 117 Å². The molecule has 0 amide bonds. The van der Waals surface area contributed by atoms with E-state index in [2.05, 4.69) is 14.9 Å². The first-order chi connectivity index (χ1) is 9.61. The normalized spacial score (nSPS) is 11.0. The quantitative estimate of drug-likeness (QED) is 0.805. The minimum Gasteiger partial charge on any atom is -0.493 e. The maximum absolute atomic E-state index is 11.8. The fraction of sp³-hybridized carbons (Fsp3) is 0.429. The first kappa shape index (κ1) is 14.3. The van der Waals surface area contributed by atoms with Crippen molar-refractivity contribution < 1.29 is 9.47 Å². The van der Waals surface area contributed by atoms with Gasteiger partial charge in [-0.15, -0.1) is 0 Å². The van der Waals surface area contributed by atoms with E-state index in [0.29, 0.717) is 29.0 Å². The van der Waals surface area contributed by atoms with Crippen LogP contribution in [-0.2, 0) is 0 Å². The van der Waals surface area contributed by atoms with E-state index in [9.17, 15) is 4.79 Å². The van der Waals surface area contributed by atoms with Crippen LogP contribution in [0.15, 0.2) is 23.3 Å². The molecule has 0 radical (unpaired) electrons. The molecule has 0 aliphatic rings. The molecular formula is C14H19N3O3. The van der Waals surface area contributed by atoms with Crippen molar-refractivity contribution in [2.24, 2.45) is 0 Å². The number of nitrogens with one attached hydrogen (secondary N) is 1. The monoisotopic (exact) mass is 277 g/mol. The lowest BCUT2D eigenvalue weighted by atomic mass is 10.2. The summed E-state index contributed by atoms with van der Waals surface area (Å²) < 4.78 is 11.0. The third kappa shape index (κ3) is 3.27. The largest absolute Gasteiger partial charge is 0.493 e. The second-order valence-corrected chi connectivity index (χ2v) is 4.76. The average molecular weight is 277 g/mol. The molecule has 20 heavy (non-hydrogen) atoms. The summed E-state index contributed by atoms with van der Waals surface area (Å²) in [6, 6.07) is 3.39. The summed E-state index contributed by atoms with van der Waals surface area (Å²) in [4.78, 5) is 20.5. The van der Waals surface area contributed by atoms with Crippen molar-refractivity contribution >= 4 is 10.9 Å². The molecule has 108 valence electrons. The van der Waals surface area contributed by atoms with E-state index < -0.39 is 0 Å². The molecule has 1 N–H and O–H groups in total. The lowest BCUT2D eigenvalue weighted by molar-refractivity contribution is 0.268. The average Bonchev–Trinajstić information content (AvgIpc) is 2.43. The molecular weight excluding hydrogens is 258 g/mol. The van der Waals surface area contributed by atoms with Crippen LogP contribution >= 0.6 is 0 Å². The first-order valence-corrected chi connectivity index (χ1v) is 6.45. The molecule has 2 aromatic rings. The van der Waals surface area contributed by atoms with Crippen molar-refractivity contribution in [1.82, 2.24) is 14.9 Å². The smallest absolute Gasteiger partial charge is 0.258 e. The number of hydrogen-bond acceptors (Lipinski definition) is 5. The van der Waals surface area contributed by atoms with Crippen molar-refractivity contribution in [2.45, 2.75) is 6.42 Å². The summed E-state index contributed by atoms with van der Waals surface area (Å²) in [5.41, 5.74) is 0.405. The van der Waals surface area contributed by atoms with Gasteiger partial charge in [-0.25, -0.2) is 4.98 Å². The SMILES string of the molecule is COc1cc2nc[nH]c(=O)c2cc1OCCCN(C)C. The lowest BCUT2D eigenvalue weighted by Gasteiger charge is -2.13. The van der Waals surface area contributed by atoms with Gasteiger partial charge in [-0.3, -0.25) is 4.79 Å².